The molecule has 1 aromatic carbocycles. The molecule has 1 fully saturated rings. The highest BCUT2D eigenvalue weighted by molar-refractivity contribution is 6.00. The molecular weight excluding hydrogens is 495 g/mol. The van der Waals surface area contributed by atoms with E-state index in [0.717, 1.165) is 32.2 Å². The SMILES string of the molecule is CC(C)(C)CN[C@H]1CC[C@H](Nc2cc(-n3nc(C(F)(F)F)c4c3CC(C)(C)CC4=O)ccc2C(N)=O)CC1. The number of hydrogen-bond donors (Lipinski definition) is 3. The summed E-state index contributed by atoms with van der Waals surface area (Å²) in [6, 6.07) is 5.16. The van der Waals surface area contributed by atoms with Gasteiger partial charge in [-0.05, 0) is 61.1 Å². The number of alkyl halides is 3. The van der Waals surface area contributed by atoms with Gasteiger partial charge in [0.2, 0.25) is 0 Å². The van der Waals surface area contributed by atoms with Gasteiger partial charge in [0.15, 0.2) is 11.5 Å². The molecule has 1 heterocycles. The van der Waals surface area contributed by atoms with Gasteiger partial charge in [0.25, 0.3) is 5.91 Å². The summed E-state index contributed by atoms with van der Waals surface area (Å²) < 4.78 is 42.8. The molecule has 7 nitrogen and oxygen atoms in total. The number of primary amides is 1. The predicted octanol–water partition coefficient (Wildman–Crippen LogP) is 5.50. The van der Waals surface area contributed by atoms with Crippen molar-refractivity contribution in [3.05, 3.63) is 40.7 Å². The lowest BCUT2D eigenvalue weighted by molar-refractivity contribution is -0.141. The fourth-order valence-electron chi connectivity index (χ4n) is 5.47. The summed E-state index contributed by atoms with van der Waals surface area (Å²) in [4.78, 5) is 25.0. The second kappa shape index (κ2) is 10.0. The summed E-state index contributed by atoms with van der Waals surface area (Å²) in [5.41, 5.74) is 5.11. The number of Topliss-reactive ketones (excluding diaryl/α,β-unsaturated/α-hetero) is 1. The van der Waals surface area contributed by atoms with Crippen LogP contribution in [0.2, 0.25) is 0 Å². The Bertz CT molecular complexity index is 1220. The van der Waals surface area contributed by atoms with Gasteiger partial charge in [-0.2, -0.15) is 18.3 Å². The van der Waals surface area contributed by atoms with E-state index in [1.54, 1.807) is 6.07 Å². The Morgan fingerprint density at radius 1 is 1.11 bits per heavy atom. The van der Waals surface area contributed by atoms with Crippen LogP contribution in [0.25, 0.3) is 5.69 Å². The Hall–Kier alpha value is -2.88. The Balaban J connectivity index is 1.64. The molecule has 4 N–H and O–H groups in total. The molecule has 1 saturated carbocycles. The molecule has 0 radical (unpaired) electrons. The van der Waals surface area contributed by atoms with Crippen LogP contribution in [0.4, 0.5) is 18.9 Å². The van der Waals surface area contributed by atoms with Crippen molar-refractivity contribution in [3.8, 4) is 5.69 Å². The number of aromatic nitrogens is 2. The van der Waals surface area contributed by atoms with Crippen molar-refractivity contribution in [2.45, 2.75) is 91.4 Å². The van der Waals surface area contributed by atoms with Crippen LogP contribution in [-0.2, 0) is 12.6 Å². The summed E-state index contributed by atoms with van der Waals surface area (Å²) in [5.74, 6) is -1.19. The minimum absolute atomic E-state index is 0.0233. The van der Waals surface area contributed by atoms with Gasteiger partial charge in [-0.15, -0.1) is 0 Å². The molecule has 0 bridgehead atoms. The van der Waals surface area contributed by atoms with Gasteiger partial charge >= 0.3 is 6.18 Å². The van der Waals surface area contributed by atoms with Crippen LogP contribution < -0.4 is 16.4 Å². The van der Waals surface area contributed by atoms with Crippen molar-refractivity contribution in [1.29, 1.82) is 0 Å². The maximum absolute atomic E-state index is 13.9. The highest BCUT2D eigenvalue weighted by Gasteiger charge is 2.45. The summed E-state index contributed by atoms with van der Waals surface area (Å²) >= 11 is 0. The number of anilines is 1. The lowest BCUT2D eigenvalue weighted by Gasteiger charge is -2.32. The molecule has 10 heteroatoms. The van der Waals surface area contributed by atoms with Crippen LogP contribution >= 0.6 is 0 Å². The summed E-state index contributed by atoms with van der Waals surface area (Å²) in [6.07, 6.45) is -0.778. The third-order valence-corrected chi connectivity index (χ3v) is 7.33. The molecule has 0 atom stereocenters. The van der Waals surface area contributed by atoms with E-state index in [9.17, 15) is 22.8 Å². The van der Waals surface area contributed by atoms with Crippen LogP contribution in [0.3, 0.4) is 0 Å². The van der Waals surface area contributed by atoms with E-state index in [1.165, 1.54) is 16.8 Å². The Kier molecular flexibility index (Phi) is 7.42. The quantitative estimate of drug-likeness (QED) is 0.455. The number of halogens is 3. The highest BCUT2D eigenvalue weighted by atomic mass is 19.4. The smallest absolute Gasteiger partial charge is 0.382 e. The molecule has 0 aliphatic heterocycles. The van der Waals surface area contributed by atoms with Crippen LogP contribution in [-0.4, -0.2) is 40.1 Å². The zero-order valence-electron chi connectivity index (χ0n) is 22.8. The Morgan fingerprint density at radius 3 is 2.32 bits per heavy atom. The van der Waals surface area contributed by atoms with Gasteiger partial charge in [0.1, 0.15) is 0 Å². The normalized spacial score (nSPS) is 21.7. The fourth-order valence-corrected chi connectivity index (χ4v) is 5.47. The van der Waals surface area contributed by atoms with Crippen LogP contribution in [0.5, 0.6) is 0 Å². The zero-order chi connectivity index (χ0) is 28.0. The molecule has 2 aromatic rings. The van der Waals surface area contributed by atoms with E-state index in [2.05, 4.69) is 36.5 Å². The Labute approximate surface area is 221 Å². The van der Waals surface area contributed by atoms with Gasteiger partial charge in [-0.3, -0.25) is 9.59 Å². The van der Waals surface area contributed by atoms with Gasteiger partial charge in [-0.1, -0.05) is 34.6 Å². The molecule has 0 unspecified atom stereocenters. The third kappa shape index (κ3) is 6.22. The van der Waals surface area contributed by atoms with Crippen LogP contribution in [0, 0.1) is 10.8 Å². The minimum atomic E-state index is -4.76. The first-order chi connectivity index (χ1) is 17.5. The van der Waals surface area contributed by atoms with E-state index in [4.69, 9.17) is 5.73 Å². The molecule has 208 valence electrons. The van der Waals surface area contributed by atoms with Gasteiger partial charge in [-0.25, -0.2) is 4.68 Å². The number of rotatable bonds is 6. The van der Waals surface area contributed by atoms with Crippen molar-refractivity contribution in [3.63, 3.8) is 0 Å². The van der Waals surface area contributed by atoms with Crippen molar-refractivity contribution in [1.82, 2.24) is 15.1 Å². The van der Waals surface area contributed by atoms with E-state index >= 15 is 0 Å². The number of nitrogens with one attached hydrogen (secondary N) is 2. The maximum atomic E-state index is 13.9. The number of fused-ring (bicyclic) bond motifs is 1. The van der Waals surface area contributed by atoms with E-state index in [-0.39, 0.29) is 41.1 Å². The molecular formula is C28H38F3N5O2. The second-order valence-electron chi connectivity index (χ2n) is 12.7. The molecule has 2 aliphatic rings. The van der Waals surface area contributed by atoms with Crippen molar-refractivity contribution in [2.24, 2.45) is 16.6 Å². The van der Waals surface area contributed by atoms with Crippen LogP contribution in [0.15, 0.2) is 18.2 Å². The first-order valence-electron chi connectivity index (χ1n) is 13.2. The average molecular weight is 534 g/mol. The molecule has 38 heavy (non-hydrogen) atoms. The predicted molar refractivity (Wildman–Crippen MR) is 141 cm³/mol. The fraction of sp³-hybridized carbons (Fsp3) is 0.607. The first kappa shape index (κ1) is 28.1. The van der Waals surface area contributed by atoms with Gasteiger partial charge in [0, 0.05) is 30.7 Å². The maximum Gasteiger partial charge on any atom is 0.435 e. The first-order valence-corrected chi connectivity index (χ1v) is 13.2. The number of benzene rings is 1. The number of carbonyl (C=O) groups excluding carboxylic acids is 2. The van der Waals surface area contributed by atoms with Crippen LogP contribution in [0.1, 0.15) is 98.8 Å². The number of nitrogens with two attached hydrogens (primary N) is 1. The zero-order valence-corrected chi connectivity index (χ0v) is 22.8. The molecule has 0 saturated heterocycles. The summed E-state index contributed by atoms with van der Waals surface area (Å²) in [5, 5.41) is 10.9. The lowest BCUT2D eigenvalue weighted by atomic mass is 9.75. The number of amides is 1. The monoisotopic (exact) mass is 533 g/mol. The van der Waals surface area contributed by atoms with E-state index in [1.807, 2.05) is 13.8 Å². The molecule has 0 spiro atoms. The summed E-state index contributed by atoms with van der Waals surface area (Å²) in [7, 11) is 0. The molecule has 4 rings (SSSR count). The van der Waals surface area contributed by atoms with Crippen molar-refractivity contribution >= 4 is 17.4 Å². The third-order valence-electron chi connectivity index (χ3n) is 7.33. The number of ketones is 1. The number of hydrogen-bond acceptors (Lipinski definition) is 5. The van der Waals surface area contributed by atoms with E-state index in [0.29, 0.717) is 17.4 Å². The van der Waals surface area contributed by atoms with Gasteiger partial charge < -0.3 is 16.4 Å². The lowest BCUT2D eigenvalue weighted by Crippen LogP contribution is -2.40. The summed E-state index contributed by atoms with van der Waals surface area (Å²) in [6.45, 7) is 11.2. The minimum Gasteiger partial charge on any atom is -0.382 e. The average Bonchev–Trinajstić information content (AvgIpc) is 3.17. The standard InChI is InChI=1S/C28H38F3N5O2/c1-26(2,3)15-33-16-6-8-17(9-7-16)34-20-12-18(10-11-19(20)25(32)38)36-21-13-27(4,5)14-22(37)23(21)24(35-36)28(29,30)31/h10-12,16-17,33-34H,6-9,13-15H2,1-5H3,(H2,32,38)/t16-,17-. The second-order valence-corrected chi connectivity index (χ2v) is 12.7. The number of carbonyl (C=O) groups is 2. The number of nitrogens with zero attached hydrogens (tertiary/aromatic N) is 2. The highest BCUT2D eigenvalue weighted by Crippen LogP contribution is 2.42. The van der Waals surface area contributed by atoms with E-state index < -0.39 is 29.0 Å². The van der Waals surface area contributed by atoms with Crippen molar-refractivity contribution in [2.75, 3.05) is 11.9 Å². The van der Waals surface area contributed by atoms with Crippen molar-refractivity contribution < 1.29 is 22.8 Å². The molecule has 1 aromatic heterocycles. The van der Waals surface area contributed by atoms with Gasteiger partial charge in [0.05, 0.1) is 22.5 Å². The molecule has 2 aliphatic carbocycles. The Morgan fingerprint density at radius 2 is 1.74 bits per heavy atom. The largest absolute Gasteiger partial charge is 0.435 e. The molecule has 1 amide bonds. The topological polar surface area (TPSA) is 102 Å².